The predicted molar refractivity (Wildman–Crippen MR) is 55.3 cm³/mol. The number of hydrogen-bond donors (Lipinski definition) is 3. The van der Waals surface area contributed by atoms with Crippen LogP contribution in [0.4, 0.5) is 0 Å². The first-order chi connectivity index (χ1) is 7.25. The molecule has 5 heteroatoms. The zero-order valence-electron chi connectivity index (χ0n) is 8.37. The van der Waals surface area contributed by atoms with E-state index in [1.54, 1.807) is 18.7 Å². The van der Waals surface area contributed by atoms with E-state index in [0.29, 0.717) is 12.2 Å². The Bertz CT molecular complexity index is 444. The molecule has 2 aromatic rings. The predicted octanol–water partition coefficient (Wildman–Crippen LogP) is 0.976. The van der Waals surface area contributed by atoms with Crippen molar-refractivity contribution in [3.05, 3.63) is 41.7 Å². The van der Waals surface area contributed by atoms with Gasteiger partial charge in [-0.1, -0.05) is 0 Å². The van der Waals surface area contributed by atoms with Crippen LogP contribution in [0.2, 0.25) is 0 Å². The smallest absolute Gasteiger partial charge is 0.268 e. The van der Waals surface area contributed by atoms with Gasteiger partial charge in [-0.3, -0.25) is 4.79 Å². The van der Waals surface area contributed by atoms with Gasteiger partial charge in [-0.15, -0.1) is 0 Å². The quantitative estimate of drug-likeness (QED) is 0.697. The number of carbonyl (C=O) groups excluding carboxylic acids is 1. The average molecular weight is 204 g/mol. The molecule has 0 saturated heterocycles. The van der Waals surface area contributed by atoms with Crippen molar-refractivity contribution in [3.8, 4) is 0 Å². The molecule has 0 spiro atoms. The molecule has 5 nitrogen and oxygen atoms in total. The van der Waals surface area contributed by atoms with E-state index in [0.717, 1.165) is 11.3 Å². The molecule has 78 valence electrons. The molecule has 2 rings (SSSR count). The maximum Gasteiger partial charge on any atom is 0.268 e. The van der Waals surface area contributed by atoms with E-state index in [9.17, 15) is 4.79 Å². The Morgan fingerprint density at radius 3 is 3.00 bits per heavy atom. The SMILES string of the molecule is Cc1c[nH]c(C(=O)NCc2cnc[nH]2)c1. The molecular weight excluding hydrogens is 192 g/mol. The van der Waals surface area contributed by atoms with Crippen molar-refractivity contribution in [2.75, 3.05) is 0 Å². The Labute approximate surface area is 86.9 Å². The summed E-state index contributed by atoms with van der Waals surface area (Å²) in [6, 6.07) is 1.81. The summed E-state index contributed by atoms with van der Waals surface area (Å²) in [5.74, 6) is -0.113. The number of carbonyl (C=O) groups is 1. The molecule has 0 unspecified atom stereocenters. The van der Waals surface area contributed by atoms with Crippen molar-refractivity contribution in [2.45, 2.75) is 13.5 Å². The standard InChI is InChI=1S/C10H12N4O/c1-7-2-9(12-3-7)10(15)13-5-8-4-11-6-14-8/h2-4,6,12H,5H2,1H3,(H,11,14)(H,13,15). The van der Waals surface area contributed by atoms with Crippen molar-refractivity contribution in [2.24, 2.45) is 0 Å². The van der Waals surface area contributed by atoms with Crippen LogP contribution in [0.3, 0.4) is 0 Å². The number of aromatic amines is 2. The summed E-state index contributed by atoms with van der Waals surface area (Å²) >= 11 is 0. The first-order valence-corrected chi connectivity index (χ1v) is 4.66. The molecule has 15 heavy (non-hydrogen) atoms. The second kappa shape index (κ2) is 4.00. The van der Waals surface area contributed by atoms with Crippen LogP contribution in [-0.2, 0) is 6.54 Å². The topological polar surface area (TPSA) is 73.6 Å². The largest absolute Gasteiger partial charge is 0.357 e. The highest BCUT2D eigenvalue weighted by Crippen LogP contribution is 2.01. The molecule has 0 aromatic carbocycles. The van der Waals surface area contributed by atoms with Crippen LogP contribution < -0.4 is 5.32 Å². The minimum Gasteiger partial charge on any atom is -0.357 e. The van der Waals surface area contributed by atoms with Crippen molar-refractivity contribution < 1.29 is 4.79 Å². The molecule has 3 N–H and O–H groups in total. The minimum atomic E-state index is -0.113. The van der Waals surface area contributed by atoms with E-state index in [1.807, 2.05) is 13.0 Å². The summed E-state index contributed by atoms with van der Waals surface area (Å²) in [5, 5.41) is 2.77. The number of nitrogens with zero attached hydrogens (tertiary/aromatic N) is 1. The molecule has 2 aromatic heterocycles. The van der Waals surface area contributed by atoms with Gasteiger partial charge in [0, 0.05) is 12.4 Å². The number of H-pyrrole nitrogens is 2. The van der Waals surface area contributed by atoms with Crippen molar-refractivity contribution in [3.63, 3.8) is 0 Å². The third-order valence-corrected chi connectivity index (χ3v) is 2.07. The lowest BCUT2D eigenvalue weighted by Crippen LogP contribution is -2.23. The molecule has 0 atom stereocenters. The highest BCUT2D eigenvalue weighted by atomic mass is 16.1. The van der Waals surface area contributed by atoms with E-state index in [-0.39, 0.29) is 5.91 Å². The fourth-order valence-corrected chi connectivity index (χ4v) is 1.29. The third-order valence-electron chi connectivity index (χ3n) is 2.07. The Morgan fingerprint density at radius 1 is 1.53 bits per heavy atom. The summed E-state index contributed by atoms with van der Waals surface area (Å²) in [4.78, 5) is 21.2. The van der Waals surface area contributed by atoms with Gasteiger partial charge >= 0.3 is 0 Å². The van der Waals surface area contributed by atoms with Crippen LogP contribution in [0.1, 0.15) is 21.7 Å². The van der Waals surface area contributed by atoms with E-state index in [4.69, 9.17) is 0 Å². The van der Waals surface area contributed by atoms with Crippen LogP contribution in [0.5, 0.6) is 0 Å². The maximum absolute atomic E-state index is 11.6. The zero-order chi connectivity index (χ0) is 10.7. The molecule has 0 aliphatic carbocycles. The number of amides is 1. The summed E-state index contributed by atoms with van der Waals surface area (Å²) in [6.45, 7) is 2.39. The minimum absolute atomic E-state index is 0.113. The highest BCUT2D eigenvalue weighted by molar-refractivity contribution is 5.92. The monoisotopic (exact) mass is 204 g/mol. The molecule has 0 fully saturated rings. The van der Waals surface area contributed by atoms with E-state index >= 15 is 0 Å². The number of rotatable bonds is 3. The van der Waals surface area contributed by atoms with Gasteiger partial charge in [0.1, 0.15) is 5.69 Å². The molecule has 0 saturated carbocycles. The fraction of sp³-hybridized carbons (Fsp3) is 0.200. The first kappa shape index (κ1) is 9.51. The molecule has 0 bridgehead atoms. The van der Waals surface area contributed by atoms with Crippen LogP contribution in [0.15, 0.2) is 24.8 Å². The van der Waals surface area contributed by atoms with Crippen LogP contribution in [0.25, 0.3) is 0 Å². The van der Waals surface area contributed by atoms with E-state index in [2.05, 4.69) is 20.3 Å². The van der Waals surface area contributed by atoms with Gasteiger partial charge in [-0.05, 0) is 18.6 Å². The Kier molecular flexibility index (Phi) is 2.53. The number of hydrogen-bond acceptors (Lipinski definition) is 2. The van der Waals surface area contributed by atoms with Crippen LogP contribution in [-0.4, -0.2) is 20.9 Å². The van der Waals surface area contributed by atoms with Gasteiger partial charge in [-0.2, -0.15) is 0 Å². The summed E-state index contributed by atoms with van der Waals surface area (Å²) < 4.78 is 0. The van der Waals surface area contributed by atoms with Gasteiger partial charge < -0.3 is 15.3 Å². The summed E-state index contributed by atoms with van der Waals surface area (Å²) in [5.41, 5.74) is 2.50. The van der Waals surface area contributed by atoms with Crippen molar-refractivity contribution >= 4 is 5.91 Å². The van der Waals surface area contributed by atoms with Crippen molar-refractivity contribution in [1.82, 2.24) is 20.3 Å². The Hall–Kier alpha value is -2.04. The van der Waals surface area contributed by atoms with Gasteiger partial charge in [0.2, 0.25) is 0 Å². The van der Waals surface area contributed by atoms with Crippen LogP contribution in [0, 0.1) is 6.92 Å². The van der Waals surface area contributed by atoms with Crippen molar-refractivity contribution in [1.29, 1.82) is 0 Å². The van der Waals surface area contributed by atoms with E-state index < -0.39 is 0 Å². The second-order valence-electron chi connectivity index (χ2n) is 3.35. The van der Waals surface area contributed by atoms with Gasteiger partial charge in [0.15, 0.2) is 0 Å². The summed E-state index contributed by atoms with van der Waals surface area (Å²) in [6.07, 6.45) is 5.06. The molecular formula is C10H12N4O. The van der Waals surface area contributed by atoms with E-state index in [1.165, 1.54) is 0 Å². The maximum atomic E-state index is 11.6. The normalized spacial score (nSPS) is 10.2. The number of aryl methyl sites for hydroxylation is 1. The lowest BCUT2D eigenvalue weighted by molar-refractivity contribution is 0.0946. The zero-order valence-corrected chi connectivity index (χ0v) is 8.37. The average Bonchev–Trinajstić information content (AvgIpc) is 2.84. The Morgan fingerprint density at radius 2 is 2.40 bits per heavy atom. The van der Waals surface area contributed by atoms with Gasteiger partial charge in [-0.25, -0.2) is 4.98 Å². The second-order valence-corrected chi connectivity index (χ2v) is 3.35. The van der Waals surface area contributed by atoms with Crippen LogP contribution >= 0.6 is 0 Å². The molecule has 0 aliphatic rings. The highest BCUT2D eigenvalue weighted by Gasteiger charge is 2.06. The Balaban J connectivity index is 1.93. The molecule has 0 radical (unpaired) electrons. The fourth-order valence-electron chi connectivity index (χ4n) is 1.29. The number of imidazole rings is 1. The van der Waals surface area contributed by atoms with Gasteiger partial charge in [0.25, 0.3) is 5.91 Å². The molecule has 2 heterocycles. The summed E-state index contributed by atoms with van der Waals surface area (Å²) in [7, 11) is 0. The lowest BCUT2D eigenvalue weighted by atomic mass is 10.3. The van der Waals surface area contributed by atoms with Gasteiger partial charge in [0.05, 0.1) is 18.6 Å². The number of aromatic nitrogens is 3. The lowest BCUT2D eigenvalue weighted by Gasteiger charge is -2.00. The number of nitrogens with one attached hydrogen (secondary N) is 3. The molecule has 0 aliphatic heterocycles. The molecule has 1 amide bonds. The third kappa shape index (κ3) is 2.25. The first-order valence-electron chi connectivity index (χ1n) is 4.66.